The maximum Gasteiger partial charge on any atom is 0.330 e. The van der Waals surface area contributed by atoms with Crippen LogP contribution in [0.3, 0.4) is 0 Å². The van der Waals surface area contributed by atoms with E-state index in [9.17, 15) is 22.3 Å². The van der Waals surface area contributed by atoms with E-state index in [0.29, 0.717) is 11.3 Å². The number of sulfone groups is 1. The Morgan fingerprint density at radius 3 is 2.62 bits per heavy atom. The van der Waals surface area contributed by atoms with Gasteiger partial charge >= 0.3 is 5.97 Å². The minimum Gasteiger partial charge on any atom is -0.490 e. The zero-order valence-corrected chi connectivity index (χ0v) is 17.4. The van der Waals surface area contributed by atoms with Crippen LogP contribution in [0.2, 0.25) is 0 Å². The van der Waals surface area contributed by atoms with Crippen molar-refractivity contribution in [2.45, 2.75) is 22.0 Å². The zero-order valence-electron chi connectivity index (χ0n) is 15.7. The first kappa shape index (κ1) is 21.4. The van der Waals surface area contributed by atoms with Crippen molar-refractivity contribution in [1.82, 2.24) is 0 Å². The molecule has 1 heterocycles. The van der Waals surface area contributed by atoms with E-state index >= 15 is 0 Å². The van der Waals surface area contributed by atoms with Crippen LogP contribution in [-0.2, 0) is 19.4 Å². The summed E-state index contributed by atoms with van der Waals surface area (Å²) < 4.78 is 57.3. The summed E-state index contributed by atoms with van der Waals surface area (Å²) in [5.41, 5.74) is 0.320. The predicted octanol–water partition coefficient (Wildman–Crippen LogP) is 3.82. The minimum atomic E-state index is -3.81. The molecule has 1 aliphatic heterocycles. The van der Waals surface area contributed by atoms with Crippen molar-refractivity contribution in [2.75, 3.05) is 19.0 Å². The smallest absolute Gasteiger partial charge is 0.330 e. The van der Waals surface area contributed by atoms with Gasteiger partial charge in [0, 0.05) is 6.08 Å². The Morgan fingerprint density at radius 1 is 1.21 bits per heavy atom. The number of benzene rings is 2. The van der Waals surface area contributed by atoms with Crippen LogP contribution in [0.25, 0.3) is 0 Å². The number of fused-ring (bicyclic) bond motifs is 1. The van der Waals surface area contributed by atoms with E-state index in [1.54, 1.807) is 31.2 Å². The Labute approximate surface area is 171 Å². The summed E-state index contributed by atoms with van der Waals surface area (Å²) in [5.74, 6) is -0.401. The van der Waals surface area contributed by atoms with Gasteiger partial charge in [-0.2, -0.15) is 10.6 Å². The Kier molecular flexibility index (Phi) is 6.33. The van der Waals surface area contributed by atoms with E-state index in [-0.39, 0.29) is 28.8 Å². The molecule has 1 unspecified atom stereocenters. The molecule has 0 spiro atoms. The topological polar surface area (TPSA) is 110 Å². The number of hydrogen-bond acceptors (Lipinski definition) is 7. The first-order valence-corrected chi connectivity index (χ1v) is 12.2. The van der Waals surface area contributed by atoms with Crippen molar-refractivity contribution in [3.63, 3.8) is 0 Å². The Morgan fingerprint density at radius 2 is 1.93 bits per heavy atom. The molecule has 0 aromatic heterocycles. The van der Waals surface area contributed by atoms with Crippen LogP contribution in [0.5, 0.6) is 5.75 Å². The number of carbonyl (C=O) groups is 1. The van der Waals surface area contributed by atoms with Gasteiger partial charge in [0.05, 0.1) is 22.2 Å². The van der Waals surface area contributed by atoms with Crippen molar-refractivity contribution in [1.29, 1.82) is 0 Å². The van der Waals surface area contributed by atoms with Gasteiger partial charge in [0.25, 0.3) is 0 Å². The first-order chi connectivity index (χ1) is 13.8. The van der Waals surface area contributed by atoms with Crippen molar-refractivity contribution in [3.8, 4) is 5.75 Å². The molecule has 1 atom stereocenters. The van der Waals surface area contributed by atoms with E-state index in [1.807, 2.05) is 0 Å². The van der Waals surface area contributed by atoms with Gasteiger partial charge in [0.15, 0.2) is 9.84 Å². The van der Waals surface area contributed by atoms with Crippen molar-refractivity contribution < 1.29 is 31.8 Å². The second kappa shape index (κ2) is 8.58. The fourth-order valence-electron chi connectivity index (χ4n) is 3.07. The predicted molar refractivity (Wildman–Crippen MR) is 110 cm³/mol. The fraction of sp³-hybridized carbons (Fsp3) is 0.250. The third-order valence-corrected chi connectivity index (χ3v) is 8.58. The molecule has 0 fully saturated rings. The highest BCUT2D eigenvalue weighted by molar-refractivity contribution is 8.25. The van der Waals surface area contributed by atoms with Crippen LogP contribution in [0.15, 0.2) is 70.5 Å². The van der Waals surface area contributed by atoms with Gasteiger partial charge in [0.1, 0.15) is 17.6 Å². The molecule has 2 N–H and O–H groups in total. The van der Waals surface area contributed by atoms with Gasteiger partial charge in [-0.25, -0.2) is 13.2 Å². The second-order valence-corrected chi connectivity index (χ2v) is 10.6. The molecule has 0 saturated carbocycles. The summed E-state index contributed by atoms with van der Waals surface area (Å²) in [5, 5.41) is -1.08. The van der Waals surface area contributed by atoms with Gasteiger partial charge in [-0.15, -0.1) is 0 Å². The SMILES string of the molecule is CCOC(=O)C=CCOc1ccc2c(c1)C(S(=O)(=O)c1ccccc1)CS2(O)O. The van der Waals surface area contributed by atoms with Crippen molar-refractivity contribution in [2.24, 2.45) is 0 Å². The molecular formula is C20H22O7S2. The molecule has 0 amide bonds. The van der Waals surface area contributed by atoms with Crippen LogP contribution in [0.1, 0.15) is 17.7 Å². The summed E-state index contributed by atoms with van der Waals surface area (Å²) >= 11 is 0. The second-order valence-electron chi connectivity index (χ2n) is 6.35. The average Bonchev–Trinajstić information content (AvgIpc) is 2.97. The molecule has 0 radical (unpaired) electrons. The molecule has 3 rings (SSSR count). The Hall–Kier alpha value is -2.33. The van der Waals surface area contributed by atoms with E-state index in [2.05, 4.69) is 0 Å². The maximum atomic E-state index is 13.1. The molecule has 0 aliphatic carbocycles. The monoisotopic (exact) mass is 438 g/mol. The lowest BCUT2D eigenvalue weighted by Crippen LogP contribution is -2.15. The summed E-state index contributed by atoms with van der Waals surface area (Å²) in [6.45, 7) is 2.06. The summed E-state index contributed by atoms with van der Waals surface area (Å²) in [4.78, 5) is 11.6. The van der Waals surface area contributed by atoms with Crippen LogP contribution in [0, 0.1) is 0 Å². The van der Waals surface area contributed by atoms with E-state index in [0.717, 1.165) is 0 Å². The fourth-order valence-corrected chi connectivity index (χ4v) is 7.47. The van der Waals surface area contributed by atoms with E-state index in [4.69, 9.17) is 9.47 Å². The summed E-state index contributed by atoms with van der Waals surface area (Å²) in [6, 6.07) is 12.5. The number of carbonyl (C=O) groups excluding carboxylic acids is 1. The third-order valence-electron chi connectivity index (χ3n) is 4.40. The number of rotatable bonds is 7. The molecule has 0 bridgehead atoms. The molecule has 29 heavy (non-hydrogen) atoms. The highest BCUT2D eigenvalue weighted by atomic mass is 32.3. The molecule has 2 aromatic rings. The highest BCUT2D eigenvalue weighted by Crippen LogP contribution is 2.61. The normalized spacial score (nSPS) is 18.9. The molecule has 9 heteroatoms. The Balaban J connectivity index is 1.85. The van der Waals surface area contributed by atoms with Crippen molar-refractivity contribution in [3.05, 3.63) is 66.2 Å². The van der Waals surface area contributed by atoms with Gasteiger partial charge in [-0.05, 0) is 48.9 Å². The average molecular weight is 439 g/mol. The van der Waals surface area contributed by atoms with Crippen LogP contribution in [-0.4, -0.2) is 42.5 Å². The van der Waals surface area contributed by atoms with Gasteiger partial charge in [-0.1, -0.05) is 18.2 Å². The van der Waals surface area contributed by atoms with Crippen LogP contribution >= 0.6 is 10.6 Å². The molecule has 1 aliphatic rings. The summed E-state index contributed by atoms with van der Waals surface area (Å²) in [7, 11) is -7.03. The van der Waals surface area contributed by atoms with Crippen LogP contribution < -0.4 is 4.74 Å². The lowest BCUT2D eigenvalue weighted by Gasteiger charge is -2.27. The summed E-state index contributed by atoms with van der Waals surface area (Å²) in [6.07, 6.45) is 2.73. The largest absolute Gasteiger partial charge is 0.490 e. The van der Waals surface area contributed by atoms with E-state index in [1.165, 1.54) is 36.4 Å². The molecule has 0 saturated heterocycles. The van der Waals surface area contributed by atoms with E-state index < -0.39 is 31.6 Å². The van der Waals surface area contributed by atoms with Gasteiger partial charge in [0.2, 0.25) is 0 Å². The van der Waals surface area contributed by atoms with Crippen LogP contribution in [0.4, 0.5) is 0 Å². The van der Waals surface area contributed by atoms with Gasteiger partial charge < -0.3 is 9.47 Å². The third kappa shape index (κ3) is 4.64. The highest BCUT2D eigenvalue weighted by Gasteiger charge is 2.43. The molecule has 7 nitrogen and oxygen atoms in total. The standard InChI is InChI=1S/C20H22O7S2/c1-2-26-20(21)9-6-12-27-15-10-11-18-17(13-15)19(14-28(18,22)23)29(24,25)16-7-4-3-5-8-16/h3-11,13,19,22-23H,2,12,14H2,1H3. The minimum absolute atomic E-state index is 0.0734. The maximum absolute atomic E-state index is 13.1. The number of hydrogen-bond donors (Lipinski definition) is 2. The van der Waals surface area contributed by atoms with Crippen molar-refractivity contribution >= 4 is 26.4 Å². The molecule has 156 valence electrons. The zero-order chi connectivity index (χ0) is 21.1. The quantitative estimate of drug-likeness (QED) is 0.499. The molecular weight excluding hydrogens is 416 g/mol. The first-order valence-electron chi connectivity index (χ1n) is 8.90. The number of esters is 1. The van der Waals surface area contributed by atoms with Gasteiger partial charge in [-0.3, -0.25) is 9.11 Å². The molecule has 2 aromatic carbocycles. The lowest BCUT2D eigenvalue weighted by molar-refractivity contribution is -0.137. The Bertz CT molecular complexity index is 1010. The lowest BCUT2D eigenvalue weighted by atomic mass is 10.1. The number of ether oxygens (including phenoxy) is 2.